The summed E-state index contributed by atoms with van der Waals surface area (Å²) in [6.07, 6.45) is 1.93. The average molecular weight is 343 g/mol. The van der Waals surface area contributed by atoms with E-state index in [1.165, 1.54) is 0 Å². The Morgan fingerprint density at radius 3 is 2.71 bits per heavy atom. The van der Waals surface area contributed by atoms with Crippen molar-refractivity contribution >= 4 is 22.6 Å². The Morgan fingerprint density at radius 1 is 1.35 bits per heavy atom. The Labute approximate surface area is 114 Å². The maximum atomic E-state index is 10.3. The molecule has 0 spiro atoms. The van der Waals surface area contributed by atoms with E-state index in [1.807, 2.05) is 24.3 Å². The van der Waals surface area contributed by atoms with Crippen LogP contribution in [-0.2, 0) is 6.54 Å². The van der Waals surface area contributed by atoms with E-state index in [2.05, 4.69) is 39.8 Å². The van der Waals surface area contributed by atoms with Crippen LogP contribution in [0.25, 0.3) is 0 Å². The van der Waals surface area contributed by atoms with Crippen molar-refractivity contribution in [2.45, 2.75) is 26.0 Å². The highest BCUT2D eigenvalue weighted by Gasteiger charge is 2.15. The molecule has 0 amide bonds. The molecule has 1 aromatic heterocycles. The third kappa shape index (κ3) is 2.84. The fraction of sp³-hybridized carbons (Fsp3) is 0.333. The van der Waals surface area contributed by atoms with Gasteiger partial charge in [0.2, 0.25) is 0 Å². The molecule has 2 rings (SSSR count). The fourth-order valence-electron chi connectivity index (χ4n) is 1.68. The summed E-state index contributed by atoms with van der Waals surface area (Å²) in [6.45, 7) is 2.85. The molecule has 0 aliphatic heterocycles. The second-order valence-corrected chi connectivity index (χ2v) is 5.08. The van der Waals surface area contributed by atoms with Gasteiger partial charge >= 0.3 is 0 Å². The number of rotatable bonds is 4. The van der Waals surface area contributed by atoms with Gasteiger partial charge in [0.05, 0.1) is 11.9 Å². The number of aryl methyl sites for hydroxylation is 1. The molecule has 90 valence electrons. The summed E-state index contributed by atoms with van der Waals surface area (Å²) in [6, 6.07) is 7.81. The number of hydrogen-bond donors (Lipinski definition) is 1. The molecule has 17 heavy (non-hydrogen) atoms. The largest absolute Gasteiger partial charge is 0.382 e. The number of nitrogens with zero attached hydrogens (tertiary/aromatic N) is 3. The van der Waals surface area contributed by atoms with Crippen LogP contribution in [0.4, 0.5) is 0 Å². The van der Waals surface area contributed by atoms with E-state index in [9.17, 15) is 5.11 Å². The first kappa shape index (κ1) is 12.5. The summed E-state index contributed by atoms with van der Waals surface area (Å²) >= 11 is 2.24. The van der Waals surface area contributed by atoms with Gasteiger partial charge in [-0.1, -0.05) is 24.3 Å². The molecule has 0 bridgehead atoms. The van der Waals surface area contributed by atoms with Crippen molar-refractivity contribution in [3.05, 3.63) is 45.3 Å². The van der Waals surface area contributed by atoms with E-state index in [1.54, 1.807) is 10.9 Å². The van der Waals surface area contributed by atoms with Crippen LogP contribution in [0.3, 0.4) is 0 Å². The van der Waals surface area contributed by atoms with Gasteiger partial charge in [-0.05, 0) is 46.7 Å². The molecule has 2 aromatic rings. The molecular weight excluding hydrogens is 329 g/mol. The Kier molecular flexibility index (Phi) is 4.11. The molecule has 0 saturated carbocycles. The smallest absolute Gasteiger partial charge is 0.122 e. The molecule has 1 unspecified atom stereocenters. The number of hydrogen-bond acceptors (Lipinski definition) is 3. The van der Waals surface area contributed by atoms with Crippen LogP contribution >= 0.6 is 22.6 Å². The summed E-state index contributed by atoms with van der Waals surface area (Å²) in [5.41, 5.74) is 1.61. The van der Waals surface area contributed by atoms with Crippen LogP contribution in [0.1, 0.15) is 30.7 Å². The maximum Gasteiger partial charge on any atom is 0.122 e. The highest BCUT2D eigenvalue weighted by molar-refractivity contribution is 14.1. The van der Waals surface area contributed by atoms with Crippen LogP contribution in [0.15, 0.2) is 30.5 Å². The lowest BCUT2D eigenvalue weighted by Gasteiger charge is -2.12. The summed E-state index contributed by atoms with van der Waals surface area (Å²) in [7, 11) is 0. The van der Waals surface area contributed by atoms with Crippen molar-refractivity contribution in [1.82, 2.24) is 15.0 Å². The monoisotopic (exact) mass is 343 g/mol. The topological polar surface area (TPSA) is 50.9 Å². The zero-order valence-electron chi connectivity index (χ0n) is 9.55. The van der Waals surface area contributed by atoms with Gasteiger partial charge in [-0.2, -0.15) is 0 Å². The Balaban J connectivity index is 2.26. The molecule has 1 N–H and O–H groups in total. The fourth-order valence-corrected chi connectivity index (χ4v) is 2.04. The molecule has 0 saturated heterocycles. The van der Waals surface area contributed by atoms with Gasteiger partial charge in [-0.3, -0.25) is 0 Å². The van der Waals surface area contributed by atoms with Crippen molar-refractivity contribution in [1.29, 1.82) is 0 Å². The third-order valence-corrected chi connectivity index (χ3v) is 3.27. The normalized spacial score (nSPS) is 12.6. The van der Waals surface area contributed by atoms with E-state index >= 15 is 0 Å². The predicted molar refractivity (Wildman–Crippen MR) is 73.5 cm³/mol. The van der Waals surface area contributed by atoms with Crippen molar-refractivity contribution < 1.29 is 5.11 Å². The Morgan fingerprint density at radius 2 is 2.06 bits per heavy atom. The van der Waals surface area contributed by atoms with Crippen LogP contribution in [-0.4, -0.2) is 20.1 Å². The first-order chi connectivity index (χ1) is 8.22. The first-order valence-electron chi connectivity index (χ1n) is 5.54. The van der Waals surface area contributed by atoms with E-state index < -0.39 is 6.10 Å². The van der Waals surface area contributed by atoms with E-state index in [-0.39, 0.29) is 0 Å². The minimum absolute atomic E-state index is 0.659. The van der Waals surface area contributed by atoms with Gasteiger partial charge in [-0.15, -0.1) is 5.10 Å². The second-order valence-electron chi connectivity index (χ2n) is 3.84. The number of halogens is 1. The quantitative estimate of drug-likeness (QED) is 0.868. The van der Waals surface area contributed by atoms with Crippen molar-refractivity contribution in [3.8, 4) is 0 Å². The lowest BCUT2D eigenvalue weighted by Crippen LogP contribution is -2.10. The van der Waals surface area contributed by atoms with E-state index in [4.69, 9.17) is 0 Å². The molecule has 5 heteroatoms. The van der Waals surface area contributed by atoms with Gasteiger partial charge in [0, 0.05) is 10.1 Å². The average Bonchev–Trinajstić information content (AvgIpc) is 2.78. The van der Waals surface area contributed by atoms with Crippen molar-refractivity contribution in [2.24, 2.45) is 0 Å². The summed E-state index contributed by atoms with van der Waals surface area (Å²) in [4.78, 5) is 0. The molecule has 1 heterocycles. The molecule has 1 atom stereocenters. The minimum atomic E-state index is -0.659. The Hall–Kier alpha value is -0.950. The SMILES string of the molecule is CCCn1nncc1C(O)c1ccc(I)cc1. The molecule has 0 radical (unpaired) electrons. The van der Waals surface area contributed by atoms with Gasteiger partial charge in [0.15, 0.2) is 0 Å². The van der Waals surface area contributed by atoms with Crippen molar-refractivity contribution in [2.75, 3.05) is 0 Å². The standard InChI is InChI=1S/C12H14IN3O/c1-2-7-16-11(8-14-15-16)12(17)9-3-5-10(13)6-4-9/h3-6,8,12,17H,2,7H2,1H3. The first-order valence-corrected chi connectivity index (χ1v) is 6.62. The zero-order valence-corrected chi connectivity index (χ0v) is 11.7. The highest BCUT2D eigenvalue weighted by atomic mass is 127. The molecule has 4 nitrogen and oxygen atoms in total. The summed E-state index contributed by atoms with van der Waals surface area (Å²) in [5, 5.41) is 18.1. The molecule has 0 aliphatic rings. The zero-order chi connectivity index (χ0) is 12.3. The van der Waals surface area contributed by atoms with Gasteiger partial charge in [-0.25, -0.2) is 4.68 Å². The number of aliphatic hydroxyl groups excluding tert-OH is 1. The molecule has 1 aromatic carbocycles. The van der Waals surface area contributed by atoms with Gasteiger partial charge < -0.3 is 5.11 Å². The van der Waals surface area contributed by atoms with Crippen LogP contribution in [0.5, 0.6) is 0 Å². The summed E-state index contributed by atoms with van der Waals surface area (Å²) in [5.74, 6) is 0. The Bertz CT molecular complexity index is 481. The third-order valence-electron chi connectivity index (χ3n) is 2.55. The maximum absolute atomic E-state index is 10.3. The van der Waals surface area contributed by atoms with Crippen LogP contribution in [0.2, 0.25) is 0 Å². The van der Waals surface area contributed by atoms with E-state index in [0.717, 1.165) is 27.8 Å². The number of benzene rings is 1. The van der Waals surface area contributed by atoms with Crippen LogP contribution in [0, 0.1) is 3.57 Å². The molecule has 0 fully saturated rings. The van der Waals surface area contributed by atoms with E-state index in [0.29, 0.717) is 0 Å². The minimum Gasteiger partial charge on any atom is -0.382 e. The second kappa shape index (κ2) is 5.59. The van der Waals surface area contributed by atoms with Gasteiger partial charge in [0.1, 0.15) is 6.10 Å². The van der Waals surface area contributed by atoms with Gasteiger partial charge in [0.25, 0.3) is 0 Å². The van der Waals surface area contributed by atoms with Crippen LogP contribution < -0.4 is 0 Å². The molecular formula is C12H14IN3O. The molecule has 0 aliphatic carbocycles. The number of aliphatic hydroxyl groups is 1. The number of aromatic nitrogens is 3. The summed E-state index contributed by atoms with van der Waals surface area (Å²) < 4.78 is 2.90. The lowest BCUT2D eigenvalue weighted by atomic mass is 10.1. The van der Waals surface area contributed by atoms with Crippen molar-refractivity contribution in [3.63, 3.8) is 0 Å². The lowest BCUT2D eigenvalue weighted by molar-refractivity contribution is 0.207. The predicted octanol–water partition coefficient (Wildman–Crippen LogP) is 2.37. The highest BCUT2D eigenvalue weighted by Crippen LogP contribution is 2.21.